The second-order valence-corrected chi connectivity index (χ2v) is 4.65. The van der Waals surface area contributed by atoms with Crippen LogP contribution in [0.1, 0.15) is 24.8 Å². The predicted molar refractivity (Wildman–Crippen MR) is 70.1 cm³/mol. The number of carboxylic acids is 1. The highest BCUT2D eigenvalue weighted by Gasteiger charge is 2.33. The fourth-order valence-corrected chi connectivity index (χ4v) is 2.50. The number of ether oxygens (including phenoxy) is 1. The SMILES string of the molecule is COc1ccc(C#N)c(NC2CCCC2C(=O)O)c1. The molecule has 2 unspecified atom stereocenters. The van der Waals surface area contributed by atoms with E-state index in [1.54, 1.807) is 25.3 Å². The smallest absolute Gasteiger partial charge is 0.308 e. The lowest BCUT2D eigenvalue weighted by atomic mass is 10.0. The van der Waals surface area contributed by atoms with E-state index in [1.165, 1.54) is 0 Å². The van der Waals surface area contributed by atoms with Crippen LogP contribution in [0.15, 0.2) is 18.2 Å². The first kappa shape index (κ1) is 13.2. The van der Waals surface area contributed by atoms with Crippen molar-refractivity contribution in [2.45, 2.75) is 25.3 Å². The highest BCUT2D eigenvalue weighted by molar-refractivity contribution is 5.72. The Hall–Kier alpha value is -2.22. The lowest BCUT2D eigenvalue weighted by molar-refractivity contribution is -0.141. The summed E-state index contributed by atoms with van der Waals surface area (Å²) in [5.41, 5.74) is 1.14. The Morgan fingerprint density at radius 3 is 2.95 bits per heavy atom. The third-order valence-electron chi connectivity index (χ3n) is 3.52. The molecule has 0 saturated heterocycles. The highest BCUT2D eigenvalue weighted by atomic mass is 16.5. The summed E-state index contributed by atoms with van der Waals surface area (Å²) in [6, 6.07) is 7.09. The molecule has 1 aliphatic carbocycles. The van der Waals surface area contributed by atoms with Gasteiger partial charge in [0.15, 0.2) is 0 Å². The van der Waals surface area contributed by atoms with Gasteiger partial charge >= 0.3 is 5.97 Å². The second-order valence-electron chi connectivity index (χ2n) is 4.65. The van der Waals surface area contributed by atoms with Gasteiger partial charge in [-0.1, -0.05) is 6.42 Å². The summed E-state index contributed by atoms with van der Waals surface area (Å²) in [5.74, 6) is -0.527. The number of hydrogen-bond donors (Lipinski definition) is 2. The first-order valence-corrected chi connectivity index (χ1v) is 6.23. The number of carboxylic acid groups (broad SMARTS) is 1. The van der Waals surface area contributed by atoms with Crippen LogP contribution >= 0.6 is 0 Å². The van der Waals surface area contributed by atoms with Gasteiger partial charge in [0.1, 0.15) is 11.8 Å². The van der Waals surface area contributed by atoms with Crippen molar-refractivity contribution in [1.82, 2.24) is 0 Å². The van der Waals surface area contributed by atoms with Crippen molar-refractivity contribution >= 4 is 11.7 Å². The number of carbonyl (C=O) groups is 1. The summed E-state index contributed by atoms with van der Waals surface area (Å²) in [7, 11) is 1.56. The summed E-state index contributed by atoms with van der Waals surface area (Å²) in [4.78, 5) is 11.2. The van der Waals surface area contributed by atoms with Gasteiger partial charge in [-0.25, -0.2) is 0 Å². The number of rotatable bonds is 4. The lowest BCUT2D eigenvalue weighted by Crippen LogP contribution is -2.30. The molecule has 0 heterocycles. The van der Waals surface area contributed by atoms with Gasteiger partial charge in [0.2, 0.25) is 0 Å². The Bertz CT molecular complexity index is 522. The van der Waals surface area contributed by atoms with Crippen molar-refractivity contribution in [2.24, 2.45) is 5.92 Å². The Balaban J connectivity index is 2.22. The van der Waals surface area contributed by atoms with Crippen LogP contribution in [0.25, 0.3) is 0 Å². The van der Waals surface area contributed by atoms with E-state index in [4.69, 9.17) is 15.1 Å². The Kier molecular flexibility index (Phi) is 3.91. The van der Waals surface area contributed by atoms with Gasteiger partial charge < -0.3 is 15.2 Å². The zero-order valence-corrected chi connectivity index (χ0v) is 10.7. The van der Waals surface area contributed by atoms with E-state index in [0.717, 1.165) is 12.8 Å². The van der Waals surface area contributed by atoms with E-state index in [1.807, 2.05) is 0 Å². The normalized spacial score (nSPS) is 21.7. The third-order valence-corrected chi connectivity index (χ3v) is 3.52. The number of anilines is 1. The predicted octanol–water partition coefficient (Wildman–Crippen LogP) is 2.23. The number of nitriles is 1. The molecule has 5 heteroatoms. The zero-order valence-electron chi connectivity index (χ0n) is 10.7. The molecule has 1 aliphatic rings. The van der Waals surface area contributed by atoms with Gasteiger partial charge in [-0.3, -0.25) is 4.79 Å². The van der Waals surface area contributed by atoms with Crippen LogP contribution in [0, 0.1) is 17.2 Å². The summed E-state index contributed by atoms with van der Waals surface area (Å²) in [5, 5.41) is 21.4. The first-order chi connectivity index (χ1) is 9.15. The molecule has 100 valence electrons. The van der Waals surface area contributed by atoms with E-state index < -0.39 is 11.9 Å². The summed E-state index contributed by atoms with van der Waals surface area (Å²) >= 11 is 0. The Morgan fingerprint density at radius 1 is 1.53 bits per heavy atom. The molecule has 0 amide bonds. The Labute approximate surface area is 111 Å². The molecular weight excluding hydrogens is 244 g/mol. The number of nitrogens with zero attached hydrogens (tertiary/aromatic N) is 1. The topological polar surface area (TPSA) is 82.3 Å². The van der Waals surface area contributed by atoms with Crippen LogP contribution in [0.2, 0.25) is 0 Å². The number of methoxy groups -OCH3 is 1. The molecule has 19 heavy (non-hydrogen) atoms. The number of benzene rings is 1. The van der Waals surface area contributed by atoms with Crippen LogP contribution < -0.4 is 10.1 Å². The van der Waals surface area contributed by atoms with E-state index in [2.05, 4.69) is 11.4 Å². The molecule has 1 saturated carbocycles. The maximum absolute atomic E-state index is 11.2. The summed E-state index contributed by atoms with van der Waals surface area (Å²) in [6.45, 7) is 0. The molecule has 1 fully saturated rings. The molecule has 2 N–H and O–H groups in total. The standard InChI is InChI=1S/C14H16N2O3/c1-19-10-6-5-9(8-15)13(7-10)16-12-4-2-3-11(12)14(17)18/h5-7,11-12,16H,2-4H2,1H3,(H,17,18). The first-order valence-electron chi connectivity index (χ1n) is 6.23. The van der Waals surface area contributed by atoms with Gasteiger partial charge in [-0.05, 0) is 25.0 Å². The highest BCUT2D eigenvalue weighted by Crippen LogP contribution is 2.31. The quantitative estimate of drug-likeness (QED) is 0.867. The maximum atomic E-state index is 11.2. The maximum Gasteiger partial charge on any atom is 0.308 e. The van der Waals surface area contributed by atoms with Crippen molar-refractivity contribution in [2.75, 3.05) is 12.4 Å². The third kappa shape index (κ3) is 2.79. The molecule has 2 atom stereocenters. The number of nitrogens with one attached hydrogen (secondary N) is 1. The zero-order chi connectivity index (χ0) is 13.8. The molecule has 2 rings (SSSR count). The van der Waals surface area contributed by atoms with E-state index in [0.29, 0.717) is 23.4 Å². The van der Waals surface area contributed by atoms with Crippen molar-refractivity contribution in [3.63, 3.8) is 0 Å². The lowest BCUT2D eigenvalue weighted by Gasteiger charge is -2.20. The summed E-state index contributed by atoms with van der Waals surface area (Å²) in [6.07, 6.45) is 2.37. The van der Waals surface area contributed by atoms with Gasteiger partial charge in [0.25, 0.3) is 0 Å². The molecule has 0 spiro atoms. The molecule has 0 radical (unpaired) electrons. The molecule has 5 nitrogen and oxygen atoms in total. The monoisotopic (exact) mass is 260 g/mol. The van der Waals surface area contributed by atoms with E-state index >= 15 is 0 Å². The van der Waals surface area contributed by atoms with Crippen LogP contribution in [-0.2, 0) is 4.79 Å². The minimum absolute atomic E-state index is 0.128. The van der Waals surface area contributed by atoms with Crippen molar-refractivity contribution in [1.29, 1.82) is 5.26 Å². The fourth-order valence-electron chi connectivity index (χ4n) is 2.50. The molecule has 0 aromatic heterocycles. The minimum atomic E-state index is -0.781. The molecule has 1 aromatic carbocycles. The van der Waals surface area contributed by atoms with Crippen molar-refractivity contribution in [3.05, 3.63) is 23.8 Å². The van der Waals surface area contributed by atoms with Crippen LogP contribution in [-0.4, -0.2) is 24.2 Å². The second kappa shape index (κ2) is 5.61. The molecule has 0 bridgehead atoms. The average Bonchev–Trinajstić information content (AvgIpc) is 2.87. The molecular formula is C14H16N2O3. The Morgan fingerprint density at radius 2 is 2.32 bits per heavy atom. The van der Waals surface area contributed by atoms with Gasteiger partial charge in [-0.15, -0.1) is 0 Å². The molecule has 0 aliphatic heterocycles. The van der Waals surface area contributed by atoms with E-state index in [-0.39, 0.29) is 6.04 Å². The largest absolute Gasteiger partial charge is 0.497 e. The minimum Gasteiger partial charge on any atom is -0.497 e. The van der Waals surface area contributed by atoms with Gasteiger partial charge in [-0.2, -0.15) is 5.26 Å². The van der Waals surface area contributed by atoms with Crippen LogP contribution in [0.4, 0.5) is 5.69 Å². The van der Waals surface area contributed by atoms with Crippen molar-refractivity contribution in [3.8, 4) is 11.8 Å². The average molecular weight is 260 g/mol. The van der Waals surface area contributed by atoms with Crippen LogP contribution in [0.5, 0.6) is 5.75 Å². The van der Waals surface area contributed by atoms with Gasteiger partial charge in [0, 0.05) is 12.1 Å². The van der Waals surface area contributed by atoms with Gasteiger partial charge in [0.05, 0.1) is 24.3 Å². The molecule has 1 aromatic rings. The fraction of sp³-hybridized carbons (Fsp3) is 0.429. The van der Waals surface area contributed by atoms with Crippen LogP contribution in [0.3, 0.4) is 0 Å². The summed E-state index contributed by atoms with van der Waals surface area (Å²) < 4.78 is 5.13. The van der Waals surface area contributed by atoms with Crippen molar-refractivity contribution < 1.29 is 14.6 Å². The number of hydrogen-bond acceptors (Lipinski definition) is 4. The number of aliphatic carboxylic acids is 1. The van der Waals surface area contributed by atoms with E-state index in [9.17, 15) is 4.79 Å².